The van der Waals surface area contributed by atoms with Crippen molar-refractivity contribution < 1.29 is 14.3 Å². The molecule has 1 unspecified atom stereocenters. The number of ketones is 1. The van der Waals surface area contributed by atoms with Crippen LogP contribution in [0.2, 0.25) is 0 Å². The zero-order valence-corrected chi connectivity index (χ0v) is 12.4. The number of hydrogen-bond donors (Lipinski definition) is 0. The molecule has 0 aliphatic carbocycles. The van der Waals surface area contributed by atoms with Crippen LogP contribution in [0.5, 0.6) is 5.75 Å². The van der Waals surface area contributed by atoms with Crippen LogP contribution in [-0.4, -0.2) is 30.1 Å². The molecule has 1 aromatic rings. The van der Waals surface area contributed by atoms with Gasteiger partial charge >= 0.3 is 0 Å². The SMILES string of the molecule is CCOc1cncc(C(=O)C(OCC)C(C)(C)C)c1. The van der Waals surface area contributed by atoms with Gasteiger partial charge in [-0.2, -0.15) is 0 Å². The maximum absolute atomic E-state index is 12.5. The maximum atomic E-state index is 12.5. The minimum Gasteiger partial charge on any atom is -0.492 e. The molecule has 0 radical (unpaired) electrons. The summed E-state index contributed by atoms with van der Waals surface area (Å²) in [6.45, 7) is 10.8. The minimum absolute atomic E-state index is 0.0524. The third-order valence-corrected chi connectivity index (χ3v) is 2.67. The number of rotatable bonds is 6. The zero-order valence-electron chi connectivity index (χ0n) is 12.4. The van der Waals surface area contributed by atoms with Gasteiger partial charge in [0, 0.05) is 18.4 Å². The van der Waals surface area contributed by atoms with Crippen LogP contribution in [0.15, 0.2) is 18.5 Å². The topological polar surface area (TPSA) is 48.4 Å². The second kappa shape index (κ2) is 6.66. The molecule has 0 fully saturated rings. The second-order valence-electron chi connectivity index (χ2n) is 5.41. The summed E-state index contributed by atoms with van der Waals surface area (Å²) in [5.41, 5.74) is 0.272. The second-order valence-corrected chi connectivity index (χ2v) is 5.41. The Morgan fingerprint density at radius 3 is 2.47 bits per heavy atom. The average molecular weight is 265 g/mol. The smallest absolute Gasteiger partial charge is 0.193 e. The van der Waals surface area contributed by atoms with Crippen LogP contribution in [0.25, 0.3) is 0 Å². The number of pyridine rings is 1. The van der Waals surface area contributed by atoms with Crippen molar-refractivity contribution in [3.8, 4) is 5.75 Å². The highest BCUT2D eigenvalue weighted by Crippen LogP contribution is 2.26. The predicted octanol–water partition coefficient (Wildman–Crippen LogP) is 3.11. The molecular formula is C15H23NO3. The first-order valence-corrected chi connectivity index (χ1v) is 6.63. The van der Waals surface area contributed by atoms with Crippen LogP contribution in [0.4, 0.5) is 0 Å². The molecule has 0 aliphatic rings. The Bertz CT molecular complexity index is 424. The van der Waals surface area contributed by atoms with Crippen molar-refractivity contribution in [2.24, 2.45) is 5.41 Å². The van der Waals surface area contributed by atoms with Gasteiger partial charge in [-0.05, 0) is 25.3 Å². The molecule has 1 rings (SSSR count). The van der Waals surface area contributed by atoms with E-state index >= 15 is 0 Å². The molecule has 0 saturated heterocycles. The lowest BCUT2D eigenvalue weighted by Crippen LogP contribution is -2.37. The maximum Gasteiger partial charge on any atom is 0.193 e. The highest BCUT2D eigenvalue weighted by Gasteiger charge is 2.32. The summed E-state index contributed by atoms with van der Waals surface area (Å²) < 4.78 is 11.0. The fraction of sp³-hybridized carbons (Fsp3) is 0.600. The van der Waals surface area contributed by atoms with E-state index in [9.17, 15) is 4.79 Å². The molecule has 0 bridgehead atoms. The predicted molar refractivity (Wildman–Crippen MR) is 74.6 cm³/mol. The summed E-state index contributed by atoms with van der Waals surface area (Å²) in [6.07, 6.45) is 2.69. The van der Waals surface area contributed by atoms with Crippen LogP contribution >= 0.6 is 0 Å². The molecule has 0 N–H and O–H groups in total. The van der Waals surface area contributed by atoms with Crippen LogP contribution in [0.1, 0.15) is 45.0 Å². The lowest BCUT2D eigenvalue weighted by atomic mass is 9.84. The van der Waals surface area contributed by atoms with Gasteiger partial charge in [-0.1, -0.05) is 20.8 Å². The highest BCUT2D eigenvalue weighted by atomic mass is 16.5. The number of carbonyl (C=O) groups excluding carboxylic acids is 1. The summed E-state index contributed by atoms with van der Waals surface area (Å²) in [7, 11) is 0. The fourth-order valence-corrected chi connectivity index (χ4v) is 1.84. The van der Waals surface area contributed by atoms with E-state index in [4.69, 9.17) is 9.47 Å². The summed E-state index contributed by atoms with van der Waals surface area (Å²) in [5.74, 6) is 0.556. The quantitative estimate of drug-likeness (QED) is 0.741. The lowest BCUT2D eigenvalue weighted by Gasteiger charge is -2.29. The fourth-order valence-electron chi connectivity index (χ4n) is 1.84. The molecule has 0 aromatic carbocycles. The number of aromatic nitrogens is 1. The van der Waals surface area contributed by atoms with Gasteiger partial charge in [0.2, 0.25) is 0 Å². The standard InChI is InChI=1S/C15H23NO3/c1-6-18-12-8-11(9-16-10-12)13(17)14(19-7-2)15(3,4)5/h8-10,14H,6-7H2,1-5H3. The molecule has 4 heteroatoms. The van der Waals surface area contributed by atoms with E-state index in [2.05, 4.69) is 4.98 Å². The summed E-state index contributed by atoms with van der Waals surface area (Å²) >= 11 is 0. The first kappa shape index (κ1) is 15.6. The largest absolute Gasteiger partial charge is 0.492 e. The van der Waals surface area contributed by atoms with E-state index in [0.29, 0.717) is 24.5 Å². The third kappa shape index (κ3) is 4.31. The molecule has 0 saturated carbocycles. The van der Waals surface area contributed by atoms with E-state index in [0.717, 1.165) is 0 Å². The van der Waals surface area contributed by atoms with E-state index < -0.39 is 6.10 Å². The molecule has 19 heavy (non-hydrogen) atoms. The van der Waals surface area contributed by atoms with Gasteiger partial charge in [-0.15, -0.1) is 0 Å². The number of hydrogen-bond acceptors (Lipinski definition) is 4. The van der Waals surface area contributed by atoms with Gasteiger partial charge in [0.25, 0.3) is 0 Å². The Balaban J connectivity index is 2.99. The average Bonchev–Trinajstić information content (AvgIpc) is 2.34. The molecular weight excluding hydrogens is 242 g/mol. The molecule has 4 nitrogen and oxygen atoms in total. The van der Waals surface area contributed by atoms with Gasteiger partial charge in [0.1, 0.15) is 11.9 Å². The number of ether oxygens (including phenoxy) is 2. The summed E-state index contributed by atoms with van der Waals surface area (Å²) in [5, 5.41) is 0. The molecule has 0 aliphatic heterocycles. The molecule has 1 heterocycles. The van der Waals surface area contributed by atoms with Gasteiger partial charge in [-0.3, -0.25) is 9.78 Å². The number of Topliss-reactive ketones (excluding diaryl/α,β-unsaturated/α-hetero) is 1. The van der Waals surface area contributed by atoms with Crippen molar-refractivity contribution in [3.05, 3.63) is 24.0 Å². The van der Waals surface area contributed by atoms with Crippen molar-refractivity contribution in [3.63, 3.8) is 0 Å². The van der Waals surface area contributed by atoms with E-state index in [-0.39, 0.29) is 11.2 Å². The molecule has 1 atom stereocenters. The number of carbonyl (C=O) groups is 1. The van der Waals surface area contributed by atoms with Crippen molar-refractivity contribution >= 4 is 5.78 Å². The first-order valence-electron chi connectivity index (χ1n) is 6.63. The van der Waals surface area contributed by atoms with Crippen LogP contribution in [0.3, 0.4) is 0 Å². The Morgan fingerprint density at radius 1 is 1.26 bits per heavy atom. The van der Waals surface area contributed by atoms with Crippen molar-refractivity contribution in [2.75, 3.05) is 13.2 Å². The summed E-state index contributed by atoms with van der Waals surface area (Å²) in [4.78, 5) is 16.6. The molecule has 1 aromatic heterocycles. The van der Waals surface area contributed by atoms with E-state index in [1.54, 1.807) is 18.5 Å². The Morgan fingerprint density at radius 2 is 1.95 bits per heavy atom. The van der Waals surface area contributed by atoms with E-state index in [1.165, 1.54) is 0 Å². The minimum atomic E-state index is -0.476. The van der Waals surface area contributed by atoms with Crippen molar-refractivity contribution in [2.45, 2.75) is 40.7 Å². The zero-order chi connectivity index (χ0) is 14.5. The highest BCUT2D eigenvalue weighted by molar-refractivity contribution is 6.00. The molecule has 106 valence electrons. The van der Waals surface area contributed by atoms with Crippen LogP contribution in [0, 0.1) is 5.41 Å². The van der Waals surface area contributed by atoms with Gasteiger partial charge < -0.3 is 9.47 Å². The Hall–Kier alpha value is -1.42. The van der Waals surface area contributed by atoms with Crippen LogP contribution < -0.4 is 4.74 Å². The van der Waals surface area contributed by atoms with Crippen molar-refractivity contribution in [1.82, 2.24) is 4.98 Å². The van der Waals surface area contributed by atoms with Gasteiger partial charge in [0.05, 0.1) is 12.8 Å². The van der Waals surface area contributed by atoms with Crippen LogP contribution in [-0.2, 0) is 4.74 Å². The lowest BCUT2D eigenvalue weighted by molar-refractivity contribution is -0.000264. The Kier molecular flexibility index (Phi) is 5.48. The Labute approximate surface area is 115 Å². The number of nitrogens with zero attached hydrogens (tertiary/aromatic N) is 1. The monoisotopic (exact) mass is 265 g/mol. The van der Waals surface area contributed by atoms with Gasteiger partial charge in [0.15, 0.2) is 5.78 Å². The van der Waals surface area contributed by atoms with Crippen molar-refractivity contribution in [1.29, 1.82) is 0 Å². The van der Waals surface area contributed by atoms with Gasteiger partial charge in [-0.25, -0.2) is 0 Å². The summed E-state index contributed by atoms with van der Waals surface area (Å²) in [6, 6.07) is 1.72. The normalized spacial score (nSPS) is 13.1. The third-order valence-electron chi connectivity index (χ3n) is 2.67. The first-order chi connectivity index (χ1) is 8.90. The van der Waals surface area contributed by atoms with E-state index in [1.807, 2.05) is 34.6 Å². The molecule has 0 spiro atoms. The molecule has 0 amide bonds.